The van der Waals surface area contributed by atoms with E-state index in [4.69, 9.17) is 50.2 Å². The van der Waals surface area contributed by atoms with Crippen LogP contribution in [-0.2, 0) is 29.4 Å². The van der Waals surface area contributed by atoms with Crippen LogP contribution in [0.2, 0.25) is 5.28 Å². The van der Waals surface area contributed by atoms with Crippen molar-refractivity contribution in [1.29, 1.82) is 0 Å². The number of rotatable bonds is 14. The molecule has 4 aliphatic rings. The van der Waals surface area contributed by atoms with Crippen LogP contribution >= 0.6 is 11.6 Å². The van der Waals surface area contributed by atoms with Crippen LogP contribution < -0.4 is 10.9 Å². The molecule has 0 spiro atoms. The minimum atomic E-state index is -0.333. The molecule has 652 valence electrons. The van der Waals surface area contributed by atoms with Crippen LogP contribution in [0.25, 0.3) is 155 Å². The molecule has 23 rings (SSSR count). The first-order valence-electron chi connectivity index (χ1n) is 47.0. The van der Waals surface area contributed by atoms with Crippen LogP contribution in [0.4, 0.5) is 0 Å². The normalized spacial score (nSPS) is 16.4. The largest absolute Gasteiger partial charge is 0.494 e. The summed E-state index contributed by atoms with van der Waals surface area (Å²) in [6.07, 6.45) is 11.9. The first kappa shape index (κ1) is 86.3. The quantitative estimate of drug-likeness (QED) is 0.0770. The number of hydrogen-bond acceptors (Lipinski definition) is 10. The van der Waals surface area contributed by atoms with E-state index in [1.807, 2.05) is 30.3 Å². The number of nitrogens with zero attached hydrogens (tertiary/aromatic N) is 6. The summed E-state index contributed by atoms with van der Waals surface area (Å²) in [6.45, 7) is 16.8. The summed E-state index contributed by atoms with van der Waals surface area (Å²) in [5.41, 5.74) is 19.8. The highest BCUT2D eigenvalue weighted by Gasteiger charge is 2.53. The minimum Gasteiger partial charge on any atom is -0.399 e. The van der Waals surface area contributed by atoms with Gasteiger partial charge in [-0.15, -0.1) is 0 Å². The fourth-order valence-corrected chi connectivity index (χ4v) is 20.3. The molecule has 0 atom stereocenters. The van der Waals surface area contributed by atoms with Crippen molar-refractivity contribution in [2.24, 2.45) is 0 Å². The lowest BCUT2D eigenvalue weighted by molar-refractivity contribution is 0.00578. The molecule has 3 aromatic heterocycles. The average Bonchev–Trinajstić information content (AvgIpc) is 1.75. The van der Waals surface area contributed by atoms with E-state index in [9.17, 15) is 0 Å². The second kappa shape index (κ2) is 35.6. The Hall–Kier alpha value is -13.4. The molecule has 0 bridgehead atoms. The number of fused-ring (bicyclic) bond motifs is 6. The molecule has 13 heteroatoms. The minimum absolute atomic E-state index is 0.0289. The highest BCUT2D eigenvalue weighted by molar-refractivity contribution is 6.62. The molecule has 10 nitrogen and oxygen atoms in total. The van der Waals surface area contributed by atoms with Gasteiger partial charge in [-0.25, -0.2) is 29.9 Å². The SMILES string of the molecule is CC1(C)OB(c2ccc(C3(c4ccc(B5OC(C)(C)C(C)(C)O5)cc4)CCCCC3)cc2)OC1(C)C.Clc1nc(-c2ccc3ccccc3c2)cc(-c2ccc3ccccc3c2)n1.c1ccc2cc(-c3cc(-c4ccc5ccccc5c4)nc(-c4ccc(C5(c6ccc(-c7nc(-c8ccc9ccccc9c8)cc(-c8ccc9ccccc9c8)n7)cc6)CCCCC5)cc4)n3)ccc2c1. The zero-order valence-electron chi connectivity index (χ0n) is 76.6. The summed E-state index contributed by atoms with van der Waals surface area (Å²) >= 11 is 6.26. The Balaban J connectivity index is 0.000000140. The van der Waals surface area contributed by atoms with Gasteiger partial charge in [0.25, 0.3) is 0 Å². The van der Waals surface area contributed by atoms with Gasteiger partial charge in [0.1, 0.15) is 0 Å². The van der Waals surface area contributed by atoms with Crippen molar-refractivity contribution in [3.63, 3.8) is 0 Å². The molecule has 5 heterocycles. The van der Waals surface area contributed by atoms with Gasteiger partial charge in [0.05, 0.1) is 56.6 Å². The highest BCUT2D eigenvalue weighted by atomic mass is 35.5. The summed E-state index contributed by atoms with van der Waals surface area (Å²) in [4.78, 5) is 30.0. The van der Waals surface area contributed by atoms with Crippen molar-refractivity contribution >= 4 is 101 Å². The summed E-state index contributed by atoms with van der Waals surface area (Å²) in [7, 11) is -0.656. The first-order valence-corrected chi connectivity index (χ1v) is 47.4. The van der Waals surface area contributed by atoms with Gasteiger partial charge in [-0.1, -0.05) is 354 Å². The molecular weight excluding hydrogens is 1650 g/mol. The second-order valence-electron chi connectivity index (χ2n) is 38.6. The third kappa shape index (κ3) is 17.4. The van der Waals surface area contributed by atoms with Crippen molar-refractivity contribution in [2.45, 2.75) is 153 Å². The maximum absolute atomic E-state index is 6.29. The van der Waals surface area contributed by atoms with E-state index in [-0.39, 0.29) is 52.8 Å². The third-order valence-corrected chi connectivity index (χ3v) is 29.4. The summed E-state index contributed by atoms with van der Waals surface area (Å²) < 4.78 is 25.2. The fourth-order valence-electron chi connectivity index (χ4n) is 20.1. The van der Waals surface area contributed by atoms with Crippen molar-refractivity contribution in [1.82, 2.24) is 29.9 Å². The Bertz CT molecular complexity index is 6920. The predicted molar refractivity (Wildman–Crippen MR) is 552 cm³/mol. The topological polar surface area (TPSA) is 114 Å². The van der Waals surface area contributed by atoms with Crippen molar-refractivity contribution in [2.75, 3.05) is 0 Å². The molecular formula is C120H105B2ClN6O4. The Kier molecular flexibility index (Phi) is 23.1. The van der Waals surface area contributed by atoms with Gasteiger partial charge >= 0.3 is 14.2 Å². The zero-order chi connectivity index (χ0) is 90.6. The van der Waals surface area contributed by atoms with E-state index in [1.165, 1.54) is 138 Å². The van der Waals surface area contributed by atoms with Crippen LogP contribution in [0.1, 0.15) is 142 Å². The third-order valence-electron chi connectivity index (χ3n) is 29.2. The summed E-state index contributed by atoms with van der Waals surface area (Å²) in [5.74, 6) is 1.44. The van der Waals surface area contributed by atoms with E-state index in [0.29, 0.717) is 0 Å². The van der Waals surface area contributed by atoms with Crippen molar-refractivity contribution in [3.8, 4) is 90.3 Å². The monoisotopic (exact) mass is 1750 g/mol. The average molecular weight is 1750 g/mol. The molecule has 133 heavy (non-hydrogen) atoms. The van der Waals surface area contributed by atoms with Gasteiger partial charge < -0.3 is 18.6 Å². The molecule has 2 saturated heterocycles. The van der Waals surface area contributed by atoms with Gasteiger partial charge in [0.15, 0.2) is 11.6 Å². The lowest BCUT2D eigenvalue weighted by atomic mass is 9.64. The second-order valence-corrected chi connectivity index (χ2v) is 38.9. The van der Waals surface area contributed by atoms with Crippen LogP contribution in [0.5, 0.6) is 0 Å². The first-order chi connectivity index (χ1) is 64.6. The van der Waals surface area contributed by atoms with Crippen LogP contribution in [0.15, 0.2) is 370 Å². The van der Waals surface area contributed by atoms with Crippen LogP contribution in [0, 0.1) is 0 Å². The van der Waals surface area contributed by atoms with Gasteiger partial charge in [0, 0.05) is 55.3 Å². The van der Waals surface area contributed by atoms with E-state index < -0.39 is 0 Å². The van der Waals surface area contributed by atoms with Gasteiger partial charge in [-0.2, -0.15) is 0 Å². The van der Waals surface area contributed by atoms with E-state index in [1.54, 1.807) is 0 Å². The van der Waals surface area contributed by atoms with Crippen LogP contribution in [0.3, 0.4) is 0 Å². The fraction of sp³-hybridized carbons (Fsp3) is 0.200. The molecule has 2 saturated carbocycles. The Labute approximate surface area is 785 Å². The Morgan fingerprint density at radius 3 is 0.632 bits per heavy atom. The van der Waals surface area contributed by atoms with E-state index >= 15 is 0 Å². The van der Waals surface area contributed by atoms with Crippen molar-refractivity contribution in [3.05, 3.63) is 398 Å². The van der Waals surface area contributed by atoms with Gasteiger partial charge in [0.2, 0.25) is 5.28 Å². The van der Waals surface area contributed by atoms with E-state index in [2.05, 4.69) is 405 Å². The number of hydrogen-bond donors (Lipinski definition) is 0. The maximum atomic E-state index is 6.29. The predicted octanol–water partition coefficient (Wildman–Crippen LogP) is 29.4. The molecule has 0 amide bonds. The molecule has 4 fully saturated rings. The maximum Gasteiger partial charge on any atom is 0.494 e. The highest BCUT2D eigenvalue weighted by Crippen LogP contribution is 2.49. The molecule has 0 unspecified atom stereocenters. The van der Waals surface area contributed by atoms with Gasteiger partial charge in [-0.3, -0.25) is 0 Å². The summed E-state index contributed by atoms with van der Waals surface area (Å²) in [5, 5.41) is 14.6. The molecule has 0 N–H and O–H groups in total. The molecule has 19 aromatic rings. The van der Waals surface area contributed by atoms with Crippen molar-refractivity contribution < 1.29 is 18.6 Å². The molecule has 0 radical (unpaired) electrons. The zero-order valence-corrected chi connectivity index (χ0v) is 77.4. The lowest BCUT2D eigenvalue weighted by Crippen LogP contribution is -2.41. The Morgan fingerprint density at radius 1 is 0.211 bits per heavy atom. The van der Waals surface area contributed by atoms with E-state index in [0.717, 1.165) is 114 Å². The smallest absolute Gasteiger partial charge is 0.399 e. The number of aromatic nitrogens is 6. The standard InChI is InChI=1S/C66H48N4.C30H42B2O4.C24H15ClN2/c1-10-36-66(37-11-1,58-32-28-48(29-33-58)64-67-60(54-24-20-44-12-2-6-16-50(44)38-54)42-61(68-64)55-25-21-45-13-3-7-17-51(45)39-55)59-34-30-49(31-35-59)65-69-62(56-26-22-46-14-4-8-18-52(46)40-56)43-63(70-65)57-27-23-47-15-5-9-19-53(47)41-57;1-26(2)27(3,4)34-31(33-26)24-16-12-22(13-17-24)30(20-10-9-11-21-30)23-14-18-25(19-15-23)32-35-28(5,6)29(7,8)36-32;25-24-26-22(20-11-9-16-5-1-3-7-18(16)13-20)15-23(27-24)21-12-10-17-6-2-4-8-19(17)14-21/h2-9,12-35,38-43H,1,10-11,36-37H2;12-19H,9-11,20-21H2,1-8H3;1-15H. The van der Waals surface area contributed by atoms with Crippen LogP contribution in [-0.4, -0.2) is 66.5 Å². The van der Waals surface area contributed by atoms with Gasteiger partial charge in [-0.05, 0) is 245 Å². The number of benzene rings is 16. The molecule has 2 aliphatic heterocycles. The molecule has 16 aromatic carbocycles. The summed E-state index contributed by atoms with van der Waals surface area (Å²) in [6, 6.07) is 132. The Morgan fingerprint density at radius 2 is 0.406 bits per heavy atom. The molecule has 2 aliphatic carbocycles. The lowest BCUT2D eigenvalue weighted by Gasteiger charge is -2.39. The number of halogens is 1.